The van der Waals surface area contributed by atoms with Gasteiger partial charge in [0.05, 0.1) is 24.4 Å². The van der Waals surface area contributed by atoms with E-state index in [1.165, 1.54) is 58.9 Å². The first-order valence-electron chi connectivity index (χ1n) is 17.9. The summed E-state index contributed by atoms with van der Waals surface area (Å²) in [6.45, 7) is 34.5. The minimum absolute atomic E-state index is 0.0162. The maximum Gasteiger partial charge on any atom is 0.192 e. The van der Waals surface area contributed by atoms with Gasteiger partial charge in [-0.05, 0) is 82.1 Å². The van der Waals surface area contributed by atoms with Gasteiger partial charge < -0.3 is 13.6 Å². The number of fused-ring (bicyclic) bond motifs is 4. The lowest BCUT2D eigenvalue weighted by atomic mass is 9.66. The second-order valence-corrected chi connectivity index (χ2v) is 27.2. The van der Waals surface area contributed by atoms with E-state index in [1.807, 2.05) is 0 Å². The molecule has 5 heteroatoms. The highest BCUT2D eigenvalue weighted by molar-refractivity contribution is 6.91. The molecule has 0 saturated carbocycles. The van der Waals surface area contributed by atoms with E-state index in [0.717, 1.165) is 25.9 Å². The van der Waals surface area contributed by atoms with E-state index in [9.17, 15) is 0 Å². The van der Waals surface area contributed by atoms with Crippen LogP contribution >= 0.6 is 0 Å². The fraction of sp³-hybridized carbons (Fsp3) is 0.610. The molecule has 46 heavy (non-hydrogen) atoms. The van der Waals surface area contributed by atoms with Gasteiger partial charge in [-0.1, -0.05) is 123 Å². The quantitative estimate of drug-likeness (QED) is 0.115. The second-order valence-electron chi connectivity index (χ2n) is 17.2. The van der Waals surface area contributed by atoms with Crippen molar-refractivity contribution in [3.63, 3.8) is 0 Å². The molecule has 0 saturated heterocycles. The van der Waals surface area contributed by atoms with Crippen molar-refractivity contribution in [3.8, 4) is 0 Å². The summed E-state index contributed by atoms with van der Waals surface area (Å²) in [7, 11) is -3.99. The molecule has 4 atom stereocenters. The average molecular weight is 661 g/mol. The minimum atomic E-state index is -2.08. The molecule has 0 amide bonds. The Morgan fingerprint density at radius 1 is 0.935 bits per heavy atom. The normalized spacial score (nSPS) is 22.3. The molecule has 0 N–H and O–H groups in total. The summed E-state index contributed by atoms with van der Waals surface area (Å²) in [5, 5.41) is 1.57. The molecule has 1 aromatic carbocycles. The van der Waals surface area contributed by atoms with Gasteiger partial charge in [0.15, 0.2) is 8.32 Å². The molecule has 0 aliphatic heterocycles. The standard InChI is InChI=1S/C41H64O3Si2/c1-13-21-33-32(24-19-14-15-20-25-42-28-31-22-17-16-18-23-31)27-34-30(2)26-35-36(29-43-39(35)45(9,10)40(3,4)5)37(33)38(34)44-46(11,12)41(6,7)8/h13,16-18,22-23,27,29,32-33,37-38H,1-2,14-15,19-21,24-26,28H2,3-12H3. The molecule has 0 spiro atoms. The number of furan rings is 1. The number of rotatable bonds is 14. The summed E-state index contributed by atoms with van der Waals surface area (Å²) < 4.78 is 20.1. The van der Waals surface area contributed by atoms with Gasteiger partial charge in [-0.25, -0.2) is 0 Å². The first-order chi connectivity index (χ1) is 21.5. The molecule has 1 heterocycles. The van der Waals surface area contributed by atoms with Gasteiger partial charge in [0.2, 0.25) is 0 Å². The Hall–Kier alpha value is -1.93. The molecule has 2 aliphatic carbocycles. The van der Waals surface area contributed by atoms with E-state index in [0.29, 0.717) is 18.4 Å². The third-order valence-corrected chi connectivity index (χ3v) is 21.7. The molecule has 1 aromatic heterocycles. The van der Waals surface area contributed by atoms with Crippen molar-refractivity contribution in [2.75, 3.05) is 6.61 Å². The smallest absolute Gasteiger partial charge is 0.192 e. The van der Waals surface area contributed by atoms with E-state index in [4.69, 9.17) is 20.2 Å². The molecular weight excluding hydrogens is 597 g/mol. The zero-order valence-electron chi connectivity index (χ0n) is 30.9. The van der Waals surface area contributed by atoms with Gasteiger partial charge in [-0.2, -0.15) is 0 Å². The minimum Gasteiger partial charge on any atom is -0.474 e. The van der Waals surface area contributed by atoms with E-state index < -0.39 is 16.4 Å². The number of hydrogen-bond donors (Lipinski definition) is 0. The second kappa shape index (κ2) is 14.7. The Morgan fingerprint density at radius 3 is 2.24 bits per heavy atom. The van der Waals surface area contributed by atoms with Crippen LogP contribution in [0.5, 0.6) is 0 Å². The molecule has 2 aliphatic rings. The van der Waals surface area contributed by atoms with E-state index >= 15 is 0 Å². The molecule has 0 radical (unpaired) electrons. The van der Waals surface area contributed by atoms with Gasteiger partial charge in [-0.3, -0.25) is 0 Å². The van der Waals surface area contributed by atoms with Gasteiger partial charge in [-0.15, -0.1) is 6.58 Å². The van der Waals surface area contributed by atoms with Gasteiger partial charge in [0, 0.05) is 18.9 Å². The van der Waals surface area contributed by atoms with Gasteiger partial charge in [0.25, 0.3) is 0 Å². The van der Waals surface area contributed by atoms with Crippen LogP contribution in [0.25, 0.3) is 0 Å². The lowest BCUT2D eigenvalue weighted by Crippen LogP contribution is -2.50. The van der Waals surface area contributed by atoms with Crippen LogP contribution in [0.3, 0.4) is 0 Å². The third kappa shape index (κ3) is 8.02. The topological polar surface area (TPSA) is 31.6 Å². The molecule has 0 fully saturated rings. The summed E-state index contributed by atoms with van der Waals surface area (Å²) >= 11 is 0. The van der Waals surface area contributed by atoms with Crippen LogP contribution in [-0.2, 0) is 22.2 Å². The fourth-order valence-corrected chi connectivity index (χ4v) is 10.3. The van der Waals surface area contributed by atoms with Crippen LogP contribution in [0, 0.1) is 11.8 Å². The van der Waals surface area contributed by atoms with Crippen molar-refractivity contribution in [1.29, 1.82) is 0 Å². The summed E-state index contributed by atoms with van der Waals surface area (Å²) in [5.74, 6) is 1.15. The third-order valence-electron chi connectivity index (χ3n) is 11.9. The van der Waals surface area contributed by atoms with Crippen LogP contribution < -0.4 is 5.38 Å². The predicted molar refractivity (Wildman–Crippen MR) is 202 cm³/mol. The van der Waals surface area contributed by atoms with Crippen molar-refractivity contribution in [3.05, 3.63) is 89.7 Å². The largest absolute Gasteiger partial charge is 0.474 e. The van der Waals surface area contributed by atoms with Crippen LogP contribution in [0.2, 0.25) is 36.3 Å². The molecule has 254 valence electrons. The first-order valence-corrected chi connectivity index (χ1v) is 23.8. The van der Waals surface area contributed by atoms with Crippen LogP contribution in [0.15, 0.2) is 77.5 Å². The number of hydrogen-bond acceptors (Lipinski definition) is 3. The SMILES string of the molecule is C=CCC1C(CCCCCCOCc2ccccc2)C=C2C(=C)Cc3c(coc3[Si](C)(C)C(C)(C)C)C1C2O[Si](C)(C)C(C)(C)C. The number of allylic oxidation sites excluding steroid dienone is 2. The predicted octanol–water partition coefficient (Wildman–Crippen LogP) is 11.5. The van der Waals surface area contributed by atoms with Crippen molar-refractivity contribution >= 4 is 21.8 Å². The maximum absolute atomic E-state index is 7.45. The van der Waals surface area contributed by atoms with Crippen LogP contribution in [0.1, 0.15) is 103 Å². The highest BCUT2D eigenvalue weighted by Gasteiger charge is 2.51. The van der Waals surface area contributed by atoms with Crippen molar-refractivity contribution in [1.82, 2.24) is 0 Å². The maximum atomic E-state index is 7.45. The number of ether oxygens (including phenoxy) is 1. The van der Waals surface area contributed by atoms with Crippen LogP contribution in [-0.4, -0.2) is 29.1 Å². The highest BCUT2D eigenvalue weighted by atomic mass is 28.4. The Kier molecular flexibility index (Phi) is 11.8. The molecule has 2 bridgehead atoms. The van der Waals surface area contributed by atoms with E-state index in [2.05, 4.69) is 123 Å². The van der Waals surface area contributed by atoms with Gasteiger partial charge >= 0.3 is 0 Å². The molecule has 3 nitrogen and oxygen atoms in total. The number of unbranched alkanes of at least 4 members (excludes halogenated alkanes) is 3. The zero-order chi connectivity index (χ0) is 33.9. The summed E-state index contributed by atoms with van der Waals surface area (Å²) in [5.41, 5.74) is 6.65. The Morgan fingerprint density at radius 2 is 1.61 bits per heavy atom. The summed E-state index contributed by atoms with van der Waals surface area (Å²) in [6, 6.07) is 10.5. The van der Waals surface area contributed by atoms with Crippen molar-refractivity contribution in [2.24, 2.45) is 11.8 Å². The van der Waals surface area contributed by atoms with Gasteiger partial charge in [0.1, 0.15) is 8.07 Å². The van der Waals surface area contributed by atoms with Crippen molar-refractivity contribution < 1.29 is 13.6 Å². The summed E-state index contributed by atoms with van der Waals surface area (Å²) in [6.07, 6.45) is 14.7. The lowest BCUT2D eigenvalue weighted by Gasteiger charge is -2.47. The molecule has 2 aromatic rings. The van der Waals surface area contributed by atoms with Crippen LogP contribution in [0.4, 0.5) is 0 Å². The van der Waals surface area contributed by atoms with E-state index in [-0.39, 0.29) is 22.1 Å². The highest BCUT2D eigenvalue weighted by Crippen LogP contribution is 2.53. The Bertz CT molecular complexity index is 1350. The monoisotopic (exact) mass is 660 g/mol. The first kappa shape index (κ1) is 36.9. The molecule has 4 rings (SSSR count). The lowest BCUT2D eigenvalue weighted by molar-refractivity contribution is 0.115. The number of benzene rings is 1. The van der Waals surface area contributed by atoms with Crippen molar-refractivity contribution in [2.45, 2.75) is 141 Å². The fourth-order valence-electron chi connectivity index (χ4n) is 7.03. The Labute approximate surface area is 284 Å². The summed E-state index contributed by atoms with van der Waals surface area (Å²) in [4.78, 5) is 0. The molecular formula is C41H64O3Si2. The Balaban J connectivity index is 1.59. The molecule has 4 unspecified atom stereocenters. The van der Waals surface area contributed by atoms with E-state index in [1.54, 1.807) is 0 Å². The average Bonchev–Trinajstić information content (AvgIpc) is 3.35. The zero-order valence-corrected chi connectivity index (χ0v) is 32.9.